The average molecular weight is 391 g/mol. The molecule has 2 nitrogen and oxygen atoms in total. The van der Waals surface area contributed by atoms with Crippen LogP contribution in [0.3, 0.4) is 0 Å². The van der Waals surface area contributed by atoms with E-state index in [0.29, 0.717) is 0 Å². The summed E-state index contributed by atoms with van der Waals surface area (Å²) in [4.78, 5) is 4.38. The third-order valence-corrected chi connectivity index (χ3v) is 5.32. The molecule has 4 aromatic carbocycles. The van der Waals surface area contributed by atoms with Crippen LogP contribution in [0.5, 0.6) is 0 Å². The fourth-order valence-electron chi connectivity index (χ4n) is 3.41. The van der Waals surface area contributed by atoms with Gasteiger partial charge in [-0.1, -0.05) is 72.8 Å². The highest BCUT2D eigenvalue weighted by Crippen LogP contribution is 2.25. The van der Waals surface area contributed by atoms with Crippen LogP contribution < -0.4 is 9.80 Å². The monoisotopic (exact) mass is 390 g/mol. The van der Waals surface area contributed by atoms with Gasteiger partial charge in [-0.3, -0.25) is 0 Å². The number of hydrogen-bond donors (Lipinski definition) is 0. The second kappa shape index (κ2) is 9.15. The van der Waals surface area contributed by atoms with Gasteiger partial charge in [-0.05, 0) is 59.7 Å². The van der Waals surface area contributed by atoms with Crippen LogP contribution in [0.4, 0.5) is 22.7 Å². The van der Waals surface area contributed by atoms with E-state index in [4.69, 9.17) is 0 Å². The molecule has 0 saturated heterocycles. The van der Waals surface area contributed by atoms with Crippen LogP contribution >= 0.6 is 0 Å². The molecular formula is C28H26N2. The number of benzene rings is 4. The van der Waals surface area contributed by atoms with E-state index in [1.807, 2.05) is 12.1 Å². The molecule has 0 aliphatic carbocycles. The molecule has 0 aliphatic heterocycles. The maximum absolute atomic E-state index is 2.19. The Bertz CT molecular complexity index is 992. The van der Waals surface area contributed by atoms with Crippen molar-refractivity contribution in [1.29, 1.82) is 0 Å². The maximum Gasteiger partial charge on any atom is 0.0408 e. The lowest BCUT2D eigenvalue weighted by atomic mass is 10.1. The second-order valence-electron chi connectivity index (χ2n) is 7.31. The Morgan fingerprint density at radius 1 is 0.400 bits per heavy atom. The summed E-state index contributed by atoms with van der Waals surface area (Å²) in [6.45, 7) is 0. The van der Waals surface area contributed by atoms with Crippen molar-refractivity contribution in [2.45, 2.75) is 0 Å². The van der Waals surface area contributed by atoms with E-state index in [9.17, 15) is 0 Å². The Hall–Kier alpha value is -3.78. The van der Waals surface area contributed by atoms with Crippen molar-refractivity contribution in [3.8, 4) is 0 Å². The van der Waals surface area contributed by atoms with E-state index >= 15 is 0 Å². The first-order valence-electron chi connectivity index (χ1n) is 10.2. The summed E-state index contributed by atoms with van der Waals surface area (Å²) in [7, 11) is 4.18. The molecule has 0 aliphatic rings. The highest BCUT2D eigenvalue weighted by molar-refractivity contribution is 5.73. The van der Waals surface area contributed by atoms with Crippen LogP contribution in [0, 0.1) is 0 Å². The molecular weight excluding hydrogens is 364 g/mol. The minimum Gasteiger partial charge on any atom is -0.345 e. The minimum absolute atomic E-state index is 1.17. The van der Waals surface area contributed by atoms with Gasteiger partial charge >= 0.3 is 0 Å². The lowest BCUT2D eigenvalue weighted by molar-refractivity contribution is 1.21. The highest BCUT2D eigenvalue weighted by Gasteiger charge is 2.03. The van der Waals surface area contributed by atoms with E-state index in [-0.39, 0.29) is 0 Å². The molecule has 0 N–H and O–H groups in total. The van der Waals surface area contributed by atoms with E-state index in [1.165, 1.54) is 33.9 Å². The van der Waals surface area contributed by atoms with Crippen molar-refractivity contribution in [3.63, 3.8) is 0 Å². The predicted molar refractivity (Wildman–Crippen MR) is 131 cm³/mol. The molecule has 4 aromatic rings. The van der Waals surface area contributed by atoms with Gasteiger partial charge < -0.3 is 9.80 Å². The predicted octanol–water partition coefficient (Wildman–Crippen LogP) is 7.39. The zero-order valence-electron chi connectivity index (χ0n) is 17.4. The molecule has 0 aromatic heterocycles. The molecule has 30 heavy (non-hydrogen) atoms. The topological polar surface area (TPSA) is 6.48 Å². The van der Waals surface area contributed by atoms with Gasteiger partial charge in [0.15, 0.2) is 0 Å². The first-order valence-corrected chi connectivity index (χ1v) is 10.2. The van der Waals surface area contributed by atoms with E-state index < -0.39 is 0 Å². The van der Waals surface area contributed by atoms with Crippen molar-refractivity contribution < 1.29 is 0 Å². The van der Waals surface area contributed by atoms with E-state index in [1.54, 1.807) is 0 Å². The first kappa shape index (κ1) is 19.5. The van der Waals surface area contributed by atoms with Crippen LogP contribution in [0.15, 0.2) is 109 Å². The van der Waals surface area contributed by atoms with Crippen molar-refractivity contribution in [2.75, 3.05) is 23.9 Å². The maximum atomic E-state index is 2.19. The summed E-state index contributed by atoms with van der Waals surface area (Å²) in [6.07, 6.45) is 4.31. The van der Waals surface area contributed by atoms with Crippen molar-refractivity contribution in [2.24, 2.45) is 0 Å². The lowest BCUT2D eigenvalue weighted by Crippen LogP contribution is -2.08. The molecule has 0 amide bonds. The molecule has 0 atom stereocenters. The van der Waals surface area contributed by atoms with E-state index in [2.05, 4.69) is 133 Å². The van der Waals surface area contributed by atoms with Crippen LogP contribution in [-0.4, -0.2) is 14.1 Å². The van der Waals surface area contributed by atoms with Crippen molar-refractivity contribution >= 4 is 34.9 Å². The van der Waals surface area contributed by atoms with Gasteiger partial charge in [0.25, 0.3) is 0 Å². The molecule has 0 spiro atoms. The van der Waals surface area contributed by atoms with Gasteiger partial charge in [-0.25, -0.2) is 0 Å². The standard InChI is InChI=1S/C28H26N2/c1-29(25-9-5-3-6-10-25)27-19-15-23(16-20-27)13-14-24-17-21-28(22-18-24)30(2)26-11-7-4-8-12-26/h3-22H,1-2H3/b14-13+. The largest absolute Gasteiger partial charge is 0.345 e. The molecule has 2 heteroatoms. The Morgan fingerprint density at radius 2 is 0.700 bits per heavy atom. The van der Waals surface area contributed by atoms with Crippen LogP contribution in [0.25, 0.3) is 12.2 Å². The quantitative estimate of drug-likeness (QED) is 0.317. The number of nitrogens with zero attached hydrogens (tertiary/aromatic N) is 2. The molecule has 0 unspecified atom stereocenters. The van der Waals surface area contributed by atoms with Crippen LogP contribution in [0.1, 0.15) is 11.1 Å². The molecule has 4 rings (SSSR count). The second-order valence-corrected chi connectivity index (χ2v) is 7.31. The molecule has 0 bridgehead atoms. The molecule has 0 fully saturated rings. The van der Waals surface area contributed by atoms with Gasteiger partial charge in [0.1, 0.15) is 0 Å². The lowest BCUT2D eigenvalue weighted by Gasteiger charge is -2.19. The molecule has 148 valence electrons. The van der Waals surface area contributed by atoms with Gasteiger partial charge in [0.05, 0.1) is 0 Å². The van der Waals surface area contributed by atoms with Crippen molar-refractivity contribution in [3.05, 3.63) is 120 Å². The SMILES string of the molecule is CN(c1ccccc1)c1ccc(/C=C/c2ccc(N(C)c3ccccc3)cc2)cc1. The Morgan fingerprint density at radius 3 is 1.03 bits per heavy atom. The fourth-order valence-corrected chi connectivity index (χ4v) is 3.41. The summed E-state index contributed by atoms with van der Waals surface area (Å²) in [6, 6.07) is 38.0. The zero-order chi connectivity index (χ0) is 20.8. The van der Waals surface area contributed by atoms with Crippen LogP contribution in [0.2, 0.25) is 0 Å². The highest BCUT2D eigenvalue weighted by atomic mass is 15.1. The summed E-state index contributed by atoms with van der Waals surface area (Å²) < 4.78 is 0. The van der Waals surface area contributed by atoms with Gasteiger partial charge in [0, 0.05) is 36.8 Å². The Balaban J connectivity index is 1.42. The molecule has 0 radical (unpaired) electrons. The van der Waals surface area contributed by atoms with Crippen molar-refractivity contribution in [1.82, 2.24) is 0 Å². The average Bonchev–Trinajstić information content (AvgIpc) is 2.83. The summed E-state index contributed by atoms with van der Waals surface area (Å²) in [5, 5.41) is 0. The smallest absolute Gasteiger partial charge is 0.0408 e. The van der Waals surface area contributed by atoms with E-state index in [0.717, 1.165) is 0 Å². The zero-order valence-corrected chi connectivity index (χ0v) is 17.4. The number of hydrogen-bond acceptors (Lipinski definition) is 2. The first-order chi connectivity index (χ1) is 14.7. The molecule has 0 heterocycles. The summed E-state index contributed by atoms with van der Waals surface area (Å²) in [5.41, 5.74) is 7.08. The number of rotatable bonds is 6. The molecule has 0 saturated carbocycles. The summed E-state index contributed by atoms with van der Waals surface area (Å²) in [5.74, 6) is 0. The fraction of sp³-hybridized carbons (Fsp3) is 0.0714. The van der Waals surface area contributed by atoms with Crippen LogP contribution in [-0.2, 0) is 0 Å². The van der Waals surface area contributed by atoms with Gasteiger partial charge in [-0.2, -0.15) is 0 Å². The van der Waals surface area contributed by atoms with Gasteiger partial charge in [-0.15, -0.1) is 0 Å². The Labute approximate surface area is 179 Å². The normalized spacial score (nSPS) is 10.9. The minimum atomic E-state index is 1.17. The summed E-state index contributed by atoms with van der Waals surface area (Å²) >= 11 is 0. The third kappa shape index (κ3) is 4.61. The number of para-hydroxylation sites is 2. The van der Waals surface area contributed by atoms with Gasteiger partial charge in [0.2, 0.25) is 0 Å². The Kier molecular flexibility index (Phi) is 5.95. The number of anilines is 4. The third-order valence-electron chi connectivity index (χ3n) is 5.32.